The highest BCUT2D eigenvalue weighted by Gasteiger charge is 2.13. The number of carbonyl (C=O) groups is 1. The van der Waals surface area contributed by atoms with E-state index in [2.05, 4.69) is 5.32 Å². The van der Waals surface area contributed by atoms with E-state index in [1.54, 1.807) is 24.3 Å². The van der Waals surface area contributed by atoms with Crippen molar-refractivity contribution in [3.05, 3.63) is 65.2 Å². The lowest BCUT2D eigenvalue weighted by Crippen LogP contribution is -2.41. The summed E-state index contributed by atoms with van der Waals surface area (Å²) < 4.78 is 0. The zero-order valence-electron chi connectivity index (χ0n) is 12.0. The summed E-state index contributed by atoms with van der Waals surface area (Å²) in [5, 5.41) is 12.1. The highest BCUT2D eigenvalue weighted by Crippen LogP contribution is 2.11. The zero-order chi connectivity index (χ0) is 15.2. The second-order valence-corrected chi connectivity index (χ2v) is 5.18. The Hall–Kier alpha value is -2.33. The molecule has 0 unspecified atom stereocenters. The first-order valence-corrected chi connectivity index (χ1v) is 6.91. The third-order valence-corrected chi connectivity index (χ3v) is 3.28. The largest absolute Gasteiger partial charge is 0.508 e. The number of hydrogen-bond donors (Lipinski definition) is 3. The zero-order valence-corrected chi connectivity index (χ0v) is 12.0. The average molecular weight is 284 g/mol. The van der Waals surface area contributed by atoms with Gasteiger partial charge >= 0.3 is 0 Å². The minimum Gasteiger partial charge on any atom is -0.508 e. The topological polar surface area (TPSA) is 75.4 Å². The molecule has 0 radical (unpaired) electrons. The Morgan fingerprint density at radius 3 is 2.57 bits per heavy atom. The van der Waals surface area contributed by atoms with Crippen LogP contribution in [0.1, 0.15) is 16.7 Å². The number of hydrogen-bond acceptors (Lipinski definition) is 3. The van der Waals surface area contributed by atoms with Crippen molar-refractivity contribution in [2.45, 2.75) is 25.9 Å². The van der Waals surface area contributed by atoms with Gasteiger partial charge in [-0.1, -0.05) is 42.0 Å². The molecule has 4 nitrogen and oxygen atoms in total. The van der Waals surface area contributed by atoms with Crippen LogP contribution in [-0.4, -0.2) is 17.1 Å². The number of amides is 1. The third kappa shape index (κ3) is 4.61. The number of phenolic OH excluding ortho intramolecular Hbond substituents is 1. The maximum atomic E-state index is 12.0. The monoisotopic (exact) mass is 284 g/mol. The molecule has 1 amide bonds. The van der Waals surface area contributed by atoms with E-state index >= 15 is 0 Å². The summed E-state index contributed by atoms with van der Waals surface area (Å²) in [6, 6.07) is 14.1. The van der Waals surface area contributed by atoms with Gasteiger partial charge in [0, 0.05) is 6.54 Å². The summed E-state index contributed by atoms with van der Waals surface area (Å²) in [7, 11) is 0. The van der Waals surface area contributed by atoms with Gasteiger partial charge in [0.2, 0.25) is 5.91 Å². The van der Waals surface area contributed by atoms with Crippen LogP contribution >= 0.6 is 0 Å². The number of carbonyl (C=O) groups excluding carboxylic acids is 1. The molecule has 0 saturated heterocycles. The summed E-state index contributed by atoms with van der Waals surface area (Å²) in [4.78, 5) is 12.0. The number of nitrogens with two attached hydrogens (primary N) is 1. The van der Waals surface area contributed by atoms with Crippen molar-refractivity contribution in [1.82, 2.24) is 5.32 Å². The quantitative estimate of drug-likeness (QED) is 0.785. The summed E-state index contributed by atoms with van der Waals surface area (Å²) in [6.45, 7) is 2.49. The van der Waals surface area contributed by atoms with Gasteiger partial charge in [0.15, 0.2) is 0 Å². The van der Waals surface area contributed by atoms with E-state index in [0.29, 0.717) is 13.0 Å². The smallest absolute Gasteiger partial charge is 0.237 e. The molecule has 0 aliphatic heterocycles. The van der Waals surface area contributed by atoms with Crippen LogP contribution in [0.4, 0.5) is 0 Å². The molecule has 2 aromatic carbocycles. The van der Waals surface area contributed by atoms with Gasteiger partial charge in [-0.25, -0.2) is 0 Å². The first kappa shape index (κ1) is 15.1. The number of nitrogens with one attached hydrogen (secondary N) is 1. The maximum absolute atomic E-state index is 12.0. The maximum Gasteiger partial charge on any atom is 0.237 e. The molecule has 0 fully saturated rings. The minimum absolute atomic E-state index is 0.176. The molecule has 1 atom stereocenters. The summed E-state index contributed by atoms with van der Waals surface area (Å²) in [5.74, 6) is 0.0285. The molecule has 2 rings (SSSR count). The van der Waals surface area contributed by atoms with Crippen LogP contribution in [-0.2, 0) is 17.8 Å². The van der Waals surface area contributed by atoms with Crippen molar-refractivity contribution in [1.29, 1.82) is 0 Å². The Morgan fingerprint density at radius 1 is 1.19 bits per heavy atom. The lowest BCUT2D eigenvalue weighted by atomic mass is 10.1. The normalized spacial score (nSPS) is 11.9. The lowest BCUT2D eigenvalue weighted by Gasteiger charge is -2.12. The van der Waals surface area contributed by atoms with E-state index in [1.165, 1.54) is 0 Å². The number of benzene rings is 2. The van der Waals surface area contributed by atoms with E-state index in [0.717, 1.165) is 16.7 Å². The van der Waals surface area contributed by atoms with Gasteiger partial charge < -0.3 is 16.2 Å². The van der Waals surface area contributed by atoms with Gasteiger partial charge in [-0.15, -0.1) is 0 Å². The lowest BCUT2D eigenvalue weighted by molar-refractivity contribution is -0.122. The molecule has 2 aromatic rings. The van der Waals surface area contributed by atoms with Crippen LogP contribution in [0.2, 0.25) is 0 Å². The molecular weight excluding hydrogens is 264 g/mol. The molecule has 21 heavy (non-hydrogen) atoms. The molecule has 4 N–H and O–H groups in total. The Kier molecular flexibility index (Phi) is 4.95. The average Bonchev–Trinajstić information content (AvgIpc) is 2.47. The Morgan fingerprint density at radius 2 is 1.90 bits per heavy atom. The molecule has 0 saturated carbocycles. The van der Waals surface area contributed by atoms with E-state index in [4.69, 9.17) is 5.73 Å². The molecular formula is C17H20N2O2. The van der Waals surface area contributed by atoms with Gasteiger partial charge in [0.1, 0.15) is 5.75 Å². The number of aryl methyl sites for hydroxylation is 1. The molecule has 0 heterocycles. The SMILES string of the molecule is Cc1cccc(CNC(=O)[C@H](N)Cc2ccc(O)cc2)c1. The summed E-state index contributed by atoms with van der Waals surface area (Å²) in [5.41, 5.74) is 9.05. The van der Waals surface area contributed by atoms with Crippen LogP contribution in [0.5, 0.6) is 5.75 Å². The van der Waals surface area contributed by atoms with E-state index in [9.17, 15) is 9.90 Å². The fraction of sp³-hybridized carbons (Fsp3) is 0.235. The number of phenols is 1. The second-order valence-electron chi connectivity index (χ2n) is 5.18. The van der Waals surface area contributed by atoms with Crippen LogP contribution in [0.15, 0.2) is 48.5 Å². The van der Waals surface area contributed by atoms with Crippen molar-refractivity contribution < 1.29 is 9.90 Å². The molecule has 4 heteroatoms. The van der Waals surface area contributed by atoms with Crippen LogP contribution in [0, 0.1) is 6.92 Å². The van der Waals surface area contributed by atoms with Crippen molar-refractivity contribution >= 4 is 5.91 Å². The van der Waals surface area contributed by atoms with Gasteiger partial charge in [0.25, 0.3) is 0 Å². The third-order valence-electron chi connectivity index (χ3n) is 3.28. The molecule has 0 aliphatic rings. The van der Waals surface area contributed by atoms with Crippen LogP contribution in [0.3, 0.4) is 0 Å². The predicted molar refractivity (Wildman–Crippen MR) is 82.8 cm³/mol. The molecule has 0 bridgehead atoms. The molecule has 0 spiro atoms. The van der Waals surface area contributed by atoms with Gasteiger partial charge in [0.05, 0.1) is 6.04 Å². The fourth-order valence-corrected chi connectivity index (χ4v) is 2.12. The first-order chi connectivity index (χ1) is 10.0. The van der Waals surface area contributed by atoms with Crippen molar-refractivity contribution in [3.8, 4) is 5.75 Å². The van der Waals surface area contributed by atoms with Crippen LogP contribution in [0.25, 0.3) is 0 Å². The highest BCUT2D eigenvalue weighted by atomic mass is 16.3. The van der Waals surface area contributed by atoms with Gasteiger partial charge in [-0.2, -0.15) is 0 Å². The molecule has 110 valence electrons. The van der Waals surface area contributed by atoms with Crippen LogP contribution < -0.4 is 11.1 Å². The van der Waals surface area contributed by atoms with E-state index < -0.39 is 6.04 Å². The van der Waals surface area contributed by atoms with Crippen molar-refractivity contribution in [2.24, 2.45) is 5.73 Å². The molecule has 0 aromatic heterocycles. The van der Waals surface area contributed by atoms with Gasteiger partial charge in [-0.3, -0.25) is 4.79 Å². The van der Waals surface area contributed by atoms with Crippen molar-refractivity contribution in [2.75, 3.05) is 0 Å². The van der Waals surface area contributed by atoms with Gasteiger partial charge in [-0.05, 0) is 36.6 Å². The van der Waals surface area contributed by atoms with E-state index in [1.807, 2.05) is 31.2 Å². The molecule has 0 aliphatic carbocycles. The number of aromatic hydroxyl groups is 1. The summed E-state index contributed by atoms with van der Waals surface area (Å²) >= 11 is 0. The van der Waals surface area contributed by atoms with Crippen molar-refractivity contribution in [3.63, 3.8) is 0 Å². The minimum atomic E-state index is -0.598. The standard InChI is InChI=1S/C17H20N2O2/c1-12-3-2-4-14(9-12)11-19-17(21)16(18)10-13-5-7-15(20)8-6-13/h2-9,16,20H,10-11,18H2,1H3,(H,19,21)/t16-/m1/s1. The fourth-order valence-electron chi connectivity index (χ4n) is 2.12. The predicted octanol–water partition coefficient (Wildman–Crippen LogP) is 1.89. The first-order valence-electron chi connectivity index (χ1n) is 6.91. The van der Waals surface area contributed by atoms with E-state index in [-0.39, 0.29) is 11.7 Å². The highest BCUT2D eigenvalue weighted by molar-refractivity contribution is 5.81. The number of rotatable bonds is 5. The second kappa shape index (κ2) is 6.90. The Bertz CT molecular complexity index is 608. The Labute approximate surface area is 124 Å². The Balaban J connectivity index is 1.86. The summed E-state index contributed by atoms with van der Waals surface area (Å²) in [6.07, 6.45) is 0.444.